The second-order valence-corrected chi connectivity index (χ2v) is 6.95. The molecule has 0 aliphatic heterocycles. The molecule has 2 rings (SSSR count). The van der Waals surface area contributed by atoms with Gasteiger partial charge in [0.05, 0.1) is 23.8 Å². The van der Waals surface area contributed by atoms with Crippen LogP contribution in [0.2, 0.25) is 5.02 Å². The van der Waals surface area contributed by atoms with Crippen molar-refractivity contribution in [2.45, 2.75) is 58.4 Å². The Kier molecular flexibility index (Phi) is 8.72. The summed E-state index contributed by atoms with van der Waals surface area (Å²) in [4.78, 5) is 24.3. The van der Waals surface area contributed by atoms with Crippen molar-refractivity contribution in [3.8, 4) is 11.5 Å². The van der Waals surface area contributed by atoms with Crippen LogP contribution in [0.15, 0.2) is 12.1 Å². The summed E-state index contributed by atoms with van der Waals surface area (Å²) >= 11 is 6.25. The fourth-order valence-electron chi connectivity index (χ4n) is 3.02. The number of benzene rings is 1. The van der Waals surface area contributed by atoms with Gasteiger partial charge in [0.2, 0.25) is 0 Å². The van der Waals surface area contributed by atoms with Crippen molar-refractivity contribution in [3.63, 3.8) is 0 Å². The summed E-state index contributed by atoms with van der Waals surface area (Å²) in [6.45, 7) is 4.40. The van der Waals surface area contributed by atoms with Gasteiger partial charge < -0.3 is 19.5 Å². The van der Waals surface area contributed by atoms with E-state index in [2.05, 4.69) is 5.32 Å². The summed E-state index contributed by atoms with van der Waals surface area (Å²) in [6.07, 6.45) is 6.23. The molecule has 27 heavy (non-hydrogen) atoms. The first kappa shape index (κ1) is 21.4. The lowest BCUT2D eigenvalue weighted by molar-refractivity contribution is -0.125. The van der Waals surface area contributed by atoms with Crippen LogP contribution in [0.3, 0.4) is 0 Å². The van der Waals surface area contributed by atoms with Gasteiger partial charge in [-0.15, -0.1) is 0 Å². The Labute approximate surface area is 165 Å². The molecule has 0 heterocycles. The second-order valence-electron chi connectivity index (χ2n) is 6.55. The summed E-state index contributed by atoms with van der Waals surface area (Å²) in [5, 5.41) is 3.19. The monoisotopic (exact) mass is 397 g/mol. The van der Waals surface area contributed by atoms with Crippen molar-refractivity contribution in [1.82, 2.24) is 5.32 Å². The highest BCUT2D eigenvalue weighted by molar-refractivity contribution is 6.32. The van der Waals surface area contributed by atoms with Crippen LogP contribution in [-0.4, -0.2) is 37.7 Å². The number of ether oxygens (including phenoxy) is 3. The van der Waals surface area contributed by atoms with E-state index in [1.807, 2.05) is 13.8 Å². The minimum atomic E-state index is -0.626. The summed E-state index contributed by atoms with van der Waals surface area (Å²) in [5.74, 6) is -0.114. The summed E-state index contributed by atoms with van der Waals surface area (Å²) < 4.78 is 16.3. The van der Waals surface area contributed by atoms with Gasteiger partial charge in [-0.05, 0) is 38.3 Å². The summed E-state index contributed by atoms with van der Waals surface area (Å²) in [6, 6.07) is 3.18. The molecule has 150 valence electrons. The Balaban J connectivity index is 1.97. The van der Waals surface area contributed by atoms with Crippen molar-refractivity contribution in [2.24, 2.45) is 0 Å². The Morgan fingerprint density at radius 2 is 1.89 bits per heavy atom. The minimum absolute atomic E-state index is 0.180. The Morgan fingerprint density at radius 1 is 1.15 bits per heavy atom. The van der Waals surface area contributed by atoms with E-state index in [1.165, 1.54) is 18.6 Å². The van der Waals surface area contributed by atoms with E-state index in [9.17, 15) is 9.59 Å². The van der Waals surface area contributed by atoms with E-state index < -0.39 is 5.97 Å². The van der Waals surface area contributed by atoms with Crippen LogP contribution >= 0.6 is 11.6 Å². The molecule has 6 nitrogen and oxygen atoms in total. The van der Waals surface area contributed by atoms with Gasteiger partial charge in [-0.3, -0.25) is 4.79 Å². The molecule has 0 saturated heterocycles. The third kappa shape index (κ3) is 6.61. The SMILES string of the molecule is CCCOc1c(Cl)cc(C(=O)OCC(=O)NC2CCCCC2)cc1OCC. The van der Waals surface area contributed by atoms with Crippen molar-refractivity contribution in [2.75, 3.05) is 19.8 Å². The van der Waals surface area contributed by atoms with Gasteiger partial charge >= 0.3 is 5.97 Å². The number of carbonyl (C=O) groups is 2. The van der Waals surface area contributed by atoms with Crippen molar-refractivity contribution < 1.29 is 23.8 Å². The first-order valence-electron chi connectivity index (χ1n) is 9.60. The molecular formula is C20H28ClNO5. The maximum atomic E-state index is 12.3. The highest BCUT2D eigenvalue weighted by atomic mass is 35.5. The van der Waals surface area contributed by atoms with Gasteiger partial charge in [-0.1, -0.05) is 37.8 Å². The molecule has 7 heteroatoms. The van der Waals surface area contributed by atoms with E-state index >= 15 is 0 Å². The van der Waals surface area contributed by atoms with Crippen LogP contribution in [0.25, 0.3) is 0 Å². The third-order valence-corrected chi connectivity index (χ3v) is 4.58. The van der Waals surface area contributed by atoms with Crippen molar-refractivity contribution >= 4 is 23.5 Å². The van der Waals surface area contributed by atoms with Gasteiger partial charge in [0.1, 0.15) is 0 Å². The third-order valence-electron chi connectivity index (χ3n) is 4.30. The lowest BCUT2D eigenvalue weighted by Gasteiger charge is -2.22. The molecule has 0 atom stereocenters. The number of hydrogen-bond donors (Lipinski definition) is 1. The topological polar surface area (TPSA) is 73.9 Å². The lowest BCUT2D eigenvalue weighted by atomic mass is 9.95. The number of esters is 1. The number of rotatable bonds is 9. The normalized spacial score (nSPS) is 14.5. The van der Waals surface area contributed by atoms with Crippen LogP contribution in [0.4, 0.5) is 0 Å². The molecule has 1 saturated carbocycles. The minimum Gasteiger partial charge on any atom is -0.490 e. The predicted octanol–water partition coefficient (Wildman–Crippen LogP) is 4.13. The first-order chi connectivity index (χ1) is 13.0. The zero-order valence-electron chi connectivity index (χ0n) is 16.0. The van der Waals surface area contributed by atoms with Gasteiger partial charge in [-0.25, -0.2) is 4.79 Å². The Bertz CT molecular complexity index is 644. The number of hydrogen-bond acceptors (Lipinski definition) is 5. The first-order valence-corrected chi connectivity index (χ1v) is 9.98. The summed E-state index contributed by atoms with van der Waals surface area (Å²) in [7, 11) is 0. The highest BCUT2D eigenvalue weighted by Gasteiger charge is 2.20. The number of nitrogens with one attached hydrogen (secondary N) is 1. The van der Waals surface area contributed by atoms with Gasteiger partial charge in [0, 0.05) is 6.04 Å². The van der Waals surface area contributed by atoms with E-state index in [0.717, 1.165) is 32.1 Å². The molecular weight excluding hydrogens is 370 g/mol. The second kappa shape index (κ2) is 11.0. The lowest BCUT2D eigenvalue weighted by Crippen LogP contribution is -2.38. The van der Waals surface area contributed by atoms with Crippen LogP contribution in [-0.2, 0) is 9.53 Å². The largest absolute Gasteiger partial charge is 0.490 e. The average molecular weight is 398 g/mol. The quantitative estimate of drug-likeness (QED) is 0.634. The highest BCUT2D eigenvalue weighted by Crippen LogP contribution is 2.37. The van der Waals surface area contributed by atoms with E-state index in [0.29, 0.717) is 24.7 Å². The van der Waals surface area contributed by atoms with Crippen molar-refractivity contribution in [3.05, 3.63) is 22.7 Å². The molecule has 0 radical (unpaired) electrons. The Hall–Kier alpha value is -1.95. The average Bonchev–Trinajstić information content (AvgIpc) is 2.66. The van der Waals surface area contributed by atoms with Crippen LogP contribution in [0.5, 0.6) is 11.5 Å². The molecule has 0 unspecified atom stereocenters. The standard InChI is InChI=1S/C20H28ClNO5/c1-3-10-26-19-16(21)11-14(12-17(19)25-4-2)20(24)27-13-18(23)22-15-8-6-5-7-9-15/h11-12,15H,3-10,13H2,1-2H3,(H,22,23). The van der Waals surface area contributed by atoms with Gasteiger partial charge in [0.15, 0.2) is 18.1 Å². The molecule has 1 N–H and O–H groups in total. The molecule has 1 amide bonds. The predicted molar refractivity (Wildman–Crippen MR) is 104 cm³/mol. The number of halogens is 1. The maximum absolute atomic E-state index is 12.3. The van der Waals surface area contributed by atoms with E-state index in [1.54, 1.807) is 0 Å². The number of carbonyl (C=O) groups excluding carboxylic acids is 2. The van der Waals surface area contributed by atoms with Gasteiger partial charge in [-0.2, -0.15) is 0 Å². The fraction of sp³-hybridized carbons (Fsp3) is 0.600. The zero-order chi connectivity index (χ0) is 19.6. The summed E-state index contributed by atoms with van der Waals surface area (Å²) in [5.41, 5.74) is 0.220. The molecule has 1 aromatic carbocycles. The molecule has 1 aliphatic carbocycles. The zero-order valence-corrected chi connectivity index (χ0v) is 16.8. The van der Waals surface area contributed by atoms with Gasteiger partial charge in [0.25, 0.3) is 5.91 Å². The smallest absolute Gasteiger partial charge is 0.338 e. The fourth-order valence-corrected chi connectivity index (χ4v) is 3.29. The molecule has 1 aromatic rings. The molecule has 1 aliphatic rings. The van der Waals surface area contributed by atoms with E-state index in [-0.39, 0.29) is 29.1 Å². The molecule has 0 spiro atoms. The molecule has 0 aromatic heterocycles. The number of amides is 1. The Morgan fingerprint density at radius 3 is 2.56 bits per heavy atom. The van der Waals surface area contributed by atoms with E-state index in [4.69, 9.17) is 25.8 Å². The van der Waals surface area contributed by atoms with Crippen LogP contribution in [0, 0.1) is 0 Å². The van der Waals surface area contributed by atoms with Crippen LogP contribution < -0.4 is 14.8 Å². The van der Waals surface area contributed by atoms with Crippen LogP contribution in [0.1, 0.15) is 62.7 Å². The molecule has 0 bridgehead atoms. The maximum Gasteiger partial charge on any atom is 0.338 e. The molecule has 1 fully saturated rings. The van der Waals surface area contributed by atoms with Crippen molar-refractivity contribution in [1.29, 1.82) is 0 Å².